The quantitative estimate of drug-likeness (QED) is 0.678. The number of nitrogens with zero attached hydrogens (tertiary/aromatic N) is 2. The van der Waals surface area contributed by atoms with E-state index in [0.717, 1.165) is 62.7 Å². The largest absolute Gasteiger partial charge is 0.393 e. The standard InChI is InChI=1S/C26H38FN3O3/c1-17-15-29(9-10-30(17)26(33)20-5-3-4-6-20)16-21-13-22(27)14-24(18(21)2)28-25(32)12-19-7-8-23(31)11-19/h13-14,17,19-20,23,31H,3-12,15-16H2,1-2H3,(H,28,32)/t17-,19+,23-/m0/s1. The summed E-state index contributed by atoms with van der Waals surface area (Å²) >= 11 is 0. The Morgan fingerprint density at radius 2 is 1.91 bits per heavy atom. The number of carbonyl (C=O) groups excluding carboxylic acids is 2. The van der Waals surface area contributed by atoms with Gasteiger partial charge in [0.05, 0.1) is 6.10 Å². The van der Waals surface area contributed by atoms with Gasteiger partial charge < -0.3 is 15.3 Å². The Hall–Kier alpha value is -1.99. The maximum atomic E-state index is 14.4. The Bertz CT molecular complexity index is 871. The van der Waals surface area contributed by atoms with Crippen LogP contribution in [0.15, 0.2) is 12.1 Å². The van der Waals surface area contributed by atoms with Gasteiger partial charge in [0.15, 0.2) is 0 Å². The van der Waals surface area contributed by atoms with Gasteiger partial charge in [0.25, 0.3) is 0 Å². The number of nitrogens with one attached hydrogen (secondary N) is 1. The lowest BCUT2D eigenvalue weighted by Crippen LogP contribution is -2.54. The van der Waals surface area contributed by atoms with E-state index in [1.807, 2.05) is 11.8 Å². The number of benzene rings is 1. The number of rotatable bonds is 6. The Kier molecular flexibility index (Phi) is 7.69. The van der Waals surface area contributed by atoms with Gasteiger partial charge in [-0.05, 0) is 75.1 Å². The lowest BCUT2D eigenvalue weighted by molar-refractivity contribution is -0.140. The van der Waals surface area contributed by atoms with Gasteiger partial charge in [-0.25, -0.2) is 4.39 Å². The zero-order chi connectivity index (χ0) is 23.5. The van der Waals surface area contributed by atoms with Crippen LogP contribution in [0.3, 0.4) is 0 Å². The van der Waals surface area contributed by atoms with Crippen LogP contribution in [-0.2, 0) is 16.1 Å². The van der Waals surface area contributed by atoms with Crippen LogP contribution in [0.5, 0.6) is 0 Å². The summed E-state index contributed by atoms with van der Waals surface area (Å²) in [5.41, 5.74) is 2.27. The van der Waals surface area contributed by atoms with Crippen LogP contribution >= 0.6 is 0 Å². The molecule has 4 rings (SSSR count). The predicted octanol–water partition coefficient (Wildman–Crippen LogP) is 3.85. The summed E-state index contributed by atoms with van der Waals surface area (Å²) in [5.74, 6) is 0.217. The monoisotopic (exact) mass is 459 g/mol. The van der Waals surface area contributed by atoms with E-state index in [9.17, 15) is 19.1 Å². The molecule has 3 aliphatic rings. The highest BCUT2D eigenvalue weighted by atomic mass is 19.1. The molecule has 0 spiro atoms. The predicted molar refractivity (Wildman–Crippen MR) is 126 cm³/mol. The molecule has 1 aromatic carbocycles. The zero-order valence-corrected chi connectivity index (χ0v) is 20.0. The van der Waals surface area contributed by atoms with Gasteiger partial charge in [0.1, 0.15) is 5.82 Å². The molecule has 1 saturated heterocycles. The van der Waals surface area contributed by atoms with E-state index >= 15 is 0 Å². The van der Waals surface area contributed by atoms with E-state index in [0.29, 0.717) is 37.5 Å². The molecule has 6 nitrogen and oxygen atoms in total. The minimum absolute atomic E-state index is 0.124. The SMILES string of the molecule is Cc1c(CN2CCN(C(=O)C3CCCC3)[C@@H](C)C2)cc(F)cc1NC(=O)C[C@@H]1CC[C@H](O)C1. The molecule has 182 valence electrons. The second-order valence-electron chi connectivity index (χ2n) is 10.4. The number of hydrogen-bond donors (Lipinski definition) is 2. The van der Waals surface area contributed by atoms with Crippen LogP contribution < -0.4 is 5.32 Å². The topological polar surface area (TPSA) is 72.9 Å². The van der Waals surface area contributed by atoms with Gasteiger partial charge in [0, 0.05) is 50.2 Å². The molecule has 3 fully saturated rings. The highest BCUT2D eigenvalue weighted by Gasteiger charge is 2.33. The molecule has 1 aliphatic heterocycles. The van der Waals surface area contributed by atoms with E-state index in [2.05, 4.69) is 17.1 Å². The van der Waals surface area contributed by atoms with Gasteiger partial charge in [-0.2, -0.15) is 0 Å². The van der Waals surface area contributed by atoms with E-state index < -0.39 is 0 Å². The second kappa shape index (κ2) is 10.5. The number of amides is 2. The Morgan fingerprint density at radius 1 is 1.15 bits per heavy atom. The zero-order valence-electron chi connectivity index (χ0n) is 20.0. The lowest BCUT2D eigenvalue weighted by atomic mass is 10.0. The third-order valence-corrected chi connectivity index (χ3v) is 7.83. The number of hydrogen-bond acceptors (Lipinski definition) is 4. The molecule has 1 heterocycles. The fourth-order valence-corrected chi connectivity index (χ4v) is 5.88. The third kappa shape index (κ3) is 5.93. The van der Waals surface area contributed by atoms with Crippen molar-refractivity contribution in [2.45, 2.75) is 83.9 Å². The summed E-state index contributed by atoms with van der Waals surface area (Å²) < 4.78 is 14.4. The Morgan fingerprint density at radius 3 is 2.58 bits per heavy atom. The Balaban J connectivity index is 1.36. The minimum atomic E-state index is -0.356. The molecule has 33 heavy (non-hydrogen) atoms. The van der Waals surface area contributed by atoms with Crippen molar-refractivity contribution < 1.29 is 19.1 Å². The smallest absolute Gasteiger partial charge is 0.226 e. The fraction of sp³-hybridized carbons (Fsp3) is 0.692. The normalized spacial score (nSPS) is 26.7. The fourth-order valence-electron chi connectivity index (χ4n) is 5.88. The average Bonchev–Trinajstić information content (AvgIpc) is 3.43. The van der Waals surface area contributed by atoms with Crippen molar-refractivity contribution >= 4 is 17.5 Å². The third-order valence-electron chi connectivity index (χ3n) is 7.83. The van der Waals surface area contributed by atoms with Crippen molar-refractivity contribution in [3.8, 4) is 0 Å². The maximum Gasteiger partial charge on any atom is 0.226 e. The first-order valence-corrected chi connectivity index (χ1v) is 12.6. The summed E-state index contributed by atoms with van der Waals surface area (Å²) in [6.45, 7) is 6.86. The molecule has 0 radical (unpaired) electrons. The molecule has 2 N–H and O–H groups in total. The van der Waals surface area contributed by atoms with Crippen LogP contribution in [0.1, 0.15) is 69.4 Å². The Labute approximate surface area is 196 Å². The van der Waals surface area contributed by atoms with Crippen molar-refractivity contribution in [1.29, 1.82) is 0 Å². The van der Waals surface area contributed by atoms with Gasteiger partial charge in [-0.3, -0.25) is 14.5 Å². The number of piperazine rings is 1. The summed E-state index contributed by atoms with van der Waals surface area (Å²) in [5, 5.41) is 12.6. The molecule has 2 amide bonds. The van der Waals surface area contributed by atoms with E-state index in [1.54, 1.807) is 6.07 Å². The van der Waals surface area contributed by atoms with Gasteiger partial charge in [-0.15, -0.1) is 0 Å². The van der Waals surface area contributed by atoms with Crippen molar-refractivity contribution in [2.75, 3.05) is 25.0 Å². The highest BCUT2D eigenvalue weighted by molar-refractivity contribution is 5.91. The highest BCUT2D eigenvalue weighted by Crippen LogP contribution is 2.30. The lowest BCUT2D eigenvalue weighted by Gasteiger charge is -2.41. The van der Waals surface area contributed by atoms with Crippen molar-refractivity contribution in [3.05, 3.63) is 29.1 Å². The van der Waals surface area contributed by atoms with Gasteiger partial charge in [0.2, 0.25) is 11.8 Å². The van der Waals surface area contributed by atoms with Crippen LogP contribution in [0.2, 0.25) is 0 Å². The number of anilines is 1. The van der Waals surface area contributed by atoms with Crippen molar-refractivity contribution in [2.24, 2.45) is 11.8 Å². The minimum Gasteiger partial charge on any atom is -0.393 e. The van der Waals surface area contributed by atoms with Crippen molar-refractivity contribution in [1.82, 2.24) is 9.80 Å². The summed E-state index contributed by atoms with van der Waals surface area (Å²) in [6.07, 6.45) is 6.67. The van der Waals surface area contributed by atoms with Crippen molar-refractivity contribution in [3.63, 3.8) is 0 Å². The molecule has 3 atom stereocenters. The molecule has 2 aliphatic carbocycles. The molecule has 7 heteroatoms. The first-order valence-electron chi connectivity index (χ1n) is 12.6. The van der Waals surface area contributed by atoms with Gasteiger partial charge in [-0.1, -0.05) is 12.8 Å². The molecule has 2 saturated carbocycles. The van der Waals surface area contributed by atoms with E-state index in [4.69, 9.17) is 0 Å². The van der Waals surface area contributed by atoms with Crippen LogP contribution in [-0.4, -0.2) is 58.5 Å². The molecule has 0 bridgehead atoms. The summed E-state index contributed by atoms with van der Waals surface area (Å²) in [6, 6.07) is 3.08. The summed E-state index contributed by atoms with van der Waals surface area (Å²) in [7, 11) is 0. The number of carbonyl (C=O) groups is 2. The van der Waals surface area contributed by atoms with Gasteiger partial charge >= 0.3 is 0 Å². The molecule has 0 aromatic heterocycles. The second-order valence-corrected chi connectivity index (χ2v) is 10.4. The molecular weight excluding hydrogens is 421 g/mol. The van der Waals surface area contributed by atoms with Crippen LogP contribution in [0, 0.1) is 24.6 Å². The van der Waals surface area contributed by atoms with Crippen LogP contribution in [0.4, 0.5) is 10.1 Å². The number of aliphatic hydroxyl groups is 1. The molecule has 1 aromatic rings. The first-order chi connectivity index (χ1) is 15.8. The van der Waals surface area contributed by atoms with E-state index in [-0.39, 0.29) is 35.7 Å². The van der Waals surface area contributed by atoms with Crippen LogP contribution in [0.25, 0.3) is 0 Å². The first kappa shape index (κ1) is 24.1. The number of aliphatic hydroxyl groups excluding tert-OH is 1. The average molecular weight is 460 g/mol. The summed E-state index contributed by atoms with van der Waals surface area (Å²) in [4.78, 5) is 29.7. The molecule has 0 unspecified atom stereocenters. The van der Waals surface area contributed by atoms with E-state index in [1.165, 1.54) is 6.07 Å². The maximum absolute atomic E-state index is 14.4. The number of halogens is 1. The molecular formula is C26H38FN3O3.